The minimum atomic E-state index is -0.242. The Bertz CT molecular complexity index is 803. The van der Waals surface area contributed by atoms with Gasteiger partial charge in [-0.2, -0.15) is 0 Å². The van der Waals surface area contributed by atoms with Crippen molar-refractivity contribution in [3.8, 4) is 17.2 Å². The van der Waals surface area contributed by atoms with E-state index in [0.717, 1.165) is 18.4 Å². The van der Waals surface area contributed by atoms with Crippen LogP contribution in [-0.2, 0) is 5.41 Å². The van der Waals surface area contributed by atoms with E-state index in [4.69, 9.17) is 14.2 Å². The Hall–Kier alpha value is -2.89. The smallest absolute Gasteiger partial charge is 0.319 e. The number of urea groups is 1. The fraction of sp³-hybridized carbons (Fsp3) is 0.381. The molecule has 0 aromatic heterocycles. The zero-order valence-corrected chi connectivity index (χ0v) is 16.0. The highest BCUT2D eigenvalue weighted by Crippen LogP contribution is 2.49. The SMILES string of the molecule is CCOc1ccccc1NC(=O)NCC1(c2ccc(OC)c(OC)c2)CC1. The van der Waals surface area contributed by atoms with Gasteiger partial charge in [0.05, 0.1) is 26.5 Å². The maximum atomic E-state index is 12.4. The molecule has 6 heteroatoms. The van der Waals surface area contributed by atoms with Crippen LogP contribution in [0.3, 0.4) is 0 Å². The molecule has 2 aromatic carbocycles. The van der Waals surface area contributed by atoms with Crippen molar-refractivity contribution in [1.29, 1.82) is 0 Å². The van der Waals surface area contributed by atoms with Crippen LogP contribution >= 0.6 is 0 Å². The van der Waals surface area contributed by atoms with Gasteiger partial charge in [0.1, 0.15) is 5.75 Å². The van der Waals surface area contributed by atoms with Gasteiger partial charge >= 0.3 is 6.03 Å². The summed E-state index contributed by atoms with van der Waals surface area (Å²) in [5, 5.41) is 5.86. The average molecular weight is 370 g/mol. The fourth-order valence-electron chi connectivity index (χ4n) is 3.15. The lowest BCUT2D eigenvalue weighted by molar-refractivity contribution is 0.251. The van der Waals surface area contributed by atoms with E-state index in [1.54, 1.807) is 14.2 Å². The summed E-state index contributed by atoms with van der Waals surface area (Å²) in [6.45, 7) is 3.02. The number of methoxy groups -OCH3 is 2. The van der Waals surface area contributed by atoms with Crippen molar-refractivity contribution in [2.75, 3.05) is 32.7 Å². The van der Waals surface area contributed by atoms with Gasteiger partial charge in [-0.1, -0.05) is 18.2 Å². The van der Waals surface area contributed by atoms with Gasteiger partial charge in [0, 0.05) is 12.0 Å². The summed E-state index contributed by atoms with van der Waals surface area (Å²) in [5.74, 6) is 2.07. The highest BCUT2D eigenvalue weighted by Gasteiger charge is 2.44. The minimum absolute atomic E-state index is 0.0453. The minimum Gasteiger partial charge on any atom is -0.493 e. The Balaban J connectivity index is 1.64. The van der Waals surface area contributed by atoms with E-state index in [-0.39, 0.29) is 11.4 Å². The molecule has 6 nitrogen and oxygen atoms in total. The number of para-hydroxylation sites is 2. The molecule has 0 unspecified atom stereocenters. The number of carbonyl (C=O) groups is 1. The summed E-state index contributed by atoms with van der Waals surface area (Å²) >= 11 is 0. The molecule has 2 N–H and O–H groups in total. The summed E-state index contributed by atoms with van der Waals surface area (Å²) in [6.07, 6.45) is 2.05. The number of carbonyl (C=O) groups excluding carboxylic acids is 1. The number of nitrogens with one attached hydrogen (secondary N) is 2. The van der Waals surface area contributed by atoms with Crippen molar-refractivity contribution in [2.24, 2.45) is 0 Å². The van der Waals surface area contributed by atoms with E-state index in [1.807, 2.05) is 49.4 Å². The van der Waals surface area contributed by atoms with Gasteiger partial charge in [0.25, 0.3) is 0 Å². The number of amides is 2. The van der Waals surface area contributed by atoms with Gasteiger partial charge in [-0.05, 0) is 49.6 Å². The Kier molecular flexibility index (Phi) is 5.74. The molecular weight excluding hydrogens is 344 g/mol. The molecule has 0 aliphatic heterocycles. The van der Waals surface area contributed by atoms with Crippen molar-refractivity contribution in [2.45, 2.75) is 25.2 Å². The van der Waals surface area contributed by atoms with Crippen LogP contribution in [0.4, 0.5) is 10.5 Å². The lowest BCUT2D eigenvalue weighted by Crippen LogP contribution is -2.35. The van der Waals surface area contributed by atoms with E-state index in [0.29, 0.717) is 36.1 Å². The predicted octanol–water partition coefficient (Wildman–Crippen LogP) is 3.96. The third-order valence-electron chi connectivity index (χ3n) is 4.87. The van der Waals surface area contributed by atoms with Crippen LogP contribution in [0.5, 0.6) is 17.2 Å². The van der Waals surface area contributed by atoms with Crippen molar-refractivity contribution >= 4 is 11.7 Å². The van der Waals surface area contributed by atoms with Crippen molar-refractivity contribution in [3.05, 3.63) is 48.0 Å². The van der Waals surface area contributed by atoms with Crippen molar-refractivity contribution < 1.29 is 19.0 Å². The number of rotatable bonds is 8. The molecule has 0 heterocycles. The van der Waals surface area contributed by atoms with Crippen molar-refractivity contribution in [1.82, 2.24) is 5.32 Å². The number of anilines is 1. The van der Waals surface area contributed by atoms with Gasteiger partial charge in [-0.25, -0.2) is 4.79 Å². The maximum absolute atomic E-state index is 12.4. The summed E-state index contributed by atoms with van der Waals surface area (Å²) < 4.78 is 16.2. The quantitative estimate of drug-likeness (QED) is 0.738. The molecule has 3 rings (SSSR count). The van der Waals surface area contributed by atoms with Crippen molar-refractivity contribution in [3.63, 3.8) is 0 Å². The molecule has 27 heavy (non-hydrogen) atoms. The van der Waals surface area contributed by atoms with E-state index >= 15 is 0 Å². The first-order chi connectivity index (χ1) is 13.1. The maximum Gasteiger partial charge on any atom is 0.319 e. The molecule has 144 valence electrons. The van der Waals surface area contributed by atoms with Gasteiger partial charge < -0.3 is 24.8 Å². The molecule has 0 spiro atoms. The lowest BCUT2D eigenvalue weighted by atomic mass is 9.95. The zero-order valence-electron chi connectivity index (χ0n) is 16.0. The molecule has 1 aliphatic carbocycles. The number of benzene rings is 2. The number of ether oxygens (including phenoxy) is 3. The Morgan fingerprint density at radius 2 is 1.78 bits per heavy atom. The number of hydrogen-bond acceptors (Lipinski definition) is 4. The molecule has 1 saturated carbocycles. The molecule has 0 bridgehead atoms. The van der Waals surface area contributed by atoms with Gasteiger partial charge in [0.15, 0.2) is 11.5 Å². The van der Waals surface area contributed by atoms with Crippen LogP contribution in [0.15, 0.2) is 42.5 Å². The predicted molar refractivity (Wildman–Crippen MR) is 105 cm³/mol. The van der Waals surface area contributed by atoms with Crippen LogP contribution in [0.1, 0.15) is 25.3 Å². The third-order valence-corrected chi connectivity index (χ3v) is 4.87. The average Bonchev–Trinajstić information content (AvgIpc) is 3.49. The number of hydrogen-bond donors (Lipinski definition) is 2. The van der Waals surface area contributed by atoms with E-state index in [1.165, 1.54) is 0 Å². The zero-order chi connectivity index (χ0) is 19.3. The lowest BCUT2D eigenvalue weighted by Gasteiger charge is -2.19. The van der Waals surface area contributed by atoms with Gasteiger partial charge in [-0.3, -0.25) is 0 Å². The van der Waals surface area contributed by atoms with Crippen LogP contribution < -0.4 is 24.8 Å². The molecule has 0 saturated heterocycles. The third kappa shape index (κ3) is 4.27. The molecule has 2 amide bonds. The normalized spacial score (nSPS) is 14.2. The van der Waals surface area contributed by atoms with Crippen LogP contribution in [0, 0.1) is 0 Å². The fourth-order valence-corrected chi connectivity index (χ4v) is 3.15. The summed E-state index contributed by atoms with van der Waals surface area (Å²) in [4.78, 5) is 12.4. The first-order valence-corrected chi connectivity index (χ1v) is 9.11. The Labute approximate surface area is 159 Å². The van der Waals surface area contributed by atoms with Gasteiger partial charge in [0.2, 0.25) is 0 Å². The summed E-state index contributed by atoms with van der Waals surface area (Å²) in [5.41, 5.74) is 1.76. The Morgan fingerprint density at radius 1 is 1.04 bits per heavy atom. The molecule has 0 radical (unpaired) electrons. The summed E-state index contributed by atoms with van der Waals surface area (Å²) in [6, 6.07) is 13.1. The monoisotopic (exact) mass is 370 g/mol. The molecule has 1 fully saturated rings. The molecule has 2 aromatic rings. The standard InChI is InChI=1S/C21H26N2O4/c1-4-27-17-8-6-5-7-16(17)23-20(24)22-14-21(11-12-21)15-9-10-18(25-2)19(13-15)26-3/h5-10,13H,4,11-12,14H2,1-3H3,(H2,22,23,24). The molecule has 0 atom stereocenters. The first kappa shape index (κ1) is 18.9. The second-order valence-corrected chi connectivity index (χ2v) is 6.59. The second kappa shape index (κ2) is 8.20. The van der Waals surface area contributed by atoms with Crippen LogP contribution in [0.2, 0.25) is 0 Å². The second-order valence-electron chi connectivity index (χ2n) is 6.59. The molecular formula is C21H26N2O4. The van der Waals surface area contributed by atoms with Gasteiger partial charge in [-0.15, -0.1) is 0 Å². The Morgan fingerprint density at radius 3 is 2.44 bits per heavy atom. The van der Waals surface area contributed by atoms with Crippen LogP contribution in [-0.4, -0.2) is 33.4 Å². The largest absolute Gasteiger partial charge is 0.493 e. The summed E-state index contributed by atoms with van der Waals surface area (Å²) in [7, 11) is 3.25. The van der Waals surface area contributed by atoms with E-state index in [9.17, 15) is 4.79 Å². The first-order valence-electron chi connectivity index (χ1n) is 9.11. The highest BCUT2D eigenvalue weighted by atomic mass is 16.5. The highest BCUT2D eigenvalue weighted by molar-refractivity contribution is 5.91. The van der Waals surface area contributed by atoms with E-state index < -0.39 is 0 Å². The topological polar surface area (TPSA) is 68.8 Å². The van der Waals surface area contributed by atoms with E-state index in [2.05, 4.69) is 10.6 Å². The molecule has 1 aliphatic rings. The van der Waals surface area contributed by atoms with Crippen LogP contribution in [0.25, 0.3) is 0 Å².